The van der Waals surface area contributed by atoms with Crippen LogP contribution in [0.15, 0.2) is 0 Å². The van der Waals surface area contributed by atoms with Crippen LogP contribution in [0.4, 0.5) is 0 Å². The van der Waals surface area contributed by atoms with E-state index in [0.29, 0.717) is 35.5 Å². The van der Waals surface area contributed by atoms with Crippen LogP contribution in [0.25, 0.3) is 0 Å². The summed E-state index contributed by atoms with van der Waals surface area (Å²) in [7, 11) is 0. The molecule has 0 aromatic heterocycles. The summed E-state index contributed by atoms with van der Waals surface area (Å²) in [5.74, 6) is 2.03. The van der Waals surface area contributed by atoms with Gasteiger partial charge in [-0.1, -0.05) is 80.1 Å². The van der Waals surface area contributed by atoms with Crippen LogP contribution in [0.1, 0.15) is 131 Å². The molecule has 0 saturated heterocycles. The molecule has 39 heavy (non-hydrogen) atoms. The molecular formula is C33H59N3O3. The van der Waals surface area contributed by atoms with Crippen molar-refractivity contribution in [1.29, 1.82) is 0 Å². The van der Waals surface area contributed by atoms with E-state index in [9.17, 15) is 14.4 Å². The van der Waals surface area contributed by atoms with E-state index >= 15 is 0 Å². The third kappa shape index (κ3) is 9.49. The van der Waals surface area contributed by atoms with Crippen molar-refractivity contribution < 1.29 is 14.4 Å². The average molecular weight is 546 g/mol. The predicted octanol–water partition coefficient (Wildman–Crippen LogP) is 6.38. The van der Waals surface area contributed by atoms with E-state index in [2.05, 4.69) is 57.5 Å². The fourth-order valence-corrected chi connectivity index (χ4v) is 7.95. The standard InChI is InChI=1S/C33H59N3O3/c1-21(2)25-13-7-10-16-28(25)34-31(37)19-24(33(39)36-30-18-12-9-15-27(30)23(5)6)20-32(38)35-29-17-11-8-14-26(29)22(3)4/h21-30H,7-20H2,1-6H3,(H,34,37)(H,35,38)(H,36,39). The van der Waals surface area contributed by atoms with Gasteiger partial charge in [0.2, 0.25) is 17.7 Å². The summed E-state index contributed by atoms with van der Waals surface area (Å²) in [5, 5.41) is 9.91. The predicted molar refractivity (Wildman–Crippen MR) is 159 cm³/mol. The van der Waals surface area contributed by atoms with E-state index < -0.39 is 5.92 Å². The van der Waals surface area contributed by atoms with Crippen LogP contribution in [-0.2, 0) is 14.4 Å². The van der Waals surface area contributed by atoms with Gasteiger partial charge in [0, 0.05) is 31.0 Å². The number of carbonyl (C=O) groups excluding carboxylic acids is 3. The van der Waals surface area contributed by atoms with Crippen molar-refractivity contribution in [3.63, 3.8) is 0 Å². The van der Waals surface area contributed by atoms with Gasteiger partial charge in [-0.2, -0.15) is 0 Å². The highest BCUT2D eigenvalue weighted by molar-refractivity contribution is 5.90. The maximum absolute atomic E-state index is 13.7. The minimum Gasteiger partial charge on any atom is -0.353 e. The second-order valence-electron chi connectivity index (χ2n) is 14.1. The third-order valence-corrected chi connectivity index (χ3v) is 10.3. The molecule has 224 valence electrons. The Hall–Kier alpha value is -1.59. The molecule has 0 aromatic rings. The molecule has 3 saturated carbocycles. The van der Waals surface area contributed by atoms with Gasteiger partial charge >= 0.3 is 0 Å². The van der Waals surface area contributed by atoms with Crippen molar-refractivity contribution in [3.8, 4) is 0 Å². The number of carbonyl (C=O) groups is 3. The van der Waals surface area contributed by atoms with Crippen molar-refractivity contribution in [2.45, 2.75) is 150 Å². The van der Waals surface area contributed by atoms with Gasteiger partial charge in [0.05, 0.1) is 5.92 Å². The molecular weight excluding hydrogens is 486 g/mol. The lowest BCUT2D eigenvalue weighted by Gasteiger charge is -2.37. The summed E-state index contributed by atoms with van der Waals surface area (Å²) in [6, 6.07) is 0.468. The lowest BCUT2D eigenvalue weighted by molar-refractivity contribution is -0.135. The highest BCUT2D eigenvalue weighted by Gasteiger charge is 2.35. The first kappa shape index (κ1) is 31.9. The maximum Gasteiger partial charge on any atom is 0.224 e. The highest BCUT2D eigenvalue weighted by Crippen LogP contribution is 2.33. The molecule has 0 spiro atoms. The molecule has 6 unspecified atom stereocenters. The molecule has 3 rings (SSSR count). The Kier molecular flexibility index (Phi) is 12.6. The molecule has 0 radical (unpaired) electrons. The molecule has 3 aliphatic carbocycles. The normalized spacial score (nSPS) is 30.7. The molecule has 6 heteroatoms. The highest BCUT2D eigenvalue weighted by atomic mass is 16.2. The van der Waals surface area contributed by atoms with Crippen LogP contribution in [0.5, 0.6) is 0 Å². The van der Waals surface area contributed by atoms with E-state index in [4.69, 9.17) is 0 Å². The maximum atomic E-state index is 13.7. The fraction of sp³-hybridized carbons (Fsp3) is 0.909. The molecule has 0 aromatic carbocycles. The zero-order valence-electron chi connectivity index (χ0n) is 25.9. The smallest absolute Gasteiger partial charge is 0.224 e. The molecule has 0 bridgehead atoms. The van der Waals surface area contributed by atoms with Crippen LogP contribution in [-0.4, -0.2) is 35.8 Å². The van der Waals surface area contributed by atoms with Gasteiger partial charge in [0.1, 0.15) is 0 Å². The molecule has 3 amide bonds. The van der Waals surface area contributed by atoms with Crippen LogP contribution in [0.2, 0.25) is 0 Å². The average Bonchev–Trinajstić information content (AvgIpc) is 2.88. The Labute approximate surface area is 239 Å². The SMILES string of the molecule is CC(C)C1CCCCC1NC(=O)CC(CC(=O)NC1CCCCC1C(C)C)C(=O)NC1CCCCC1C(C)C. The van der Waals surface area contributed by atoms with Gasteiger partial charge in [-0.25, -0.2) is 0 Å². The van der Waals surface area contributed by atoms with E-state index in [1.54, 1.807) is 0 Å². The molecule has 0 aliphatic heterocycles. The minimum atomic E-state index is -0.637. The van der Waals surface area contributed by atoms with Crippen molar-refractivity contribution in [2.24, 2.45) is 41.4 Å². The molecule has 0 heterocycles. The lowest BCUT2D eigenvalue weighted by atomic mass is 9.77. The Bertz CT molecular complexity index is 751. The summed E-state index contributed by atoms with van der Waals surface area (Å²) >= 11 is 0. The molecule has 3 fully saturated rings. The monoisotopic (exact) mass is 545 g/mol. The van der Waals surface area contributed by atoms with E-state index in [1.807, 2.05) is 0 Å². The number of nitrogens with one attached hydrogen (secondary N) is 3. The third-order valence-electron chi connectivity index (χ3n) is 10.3. The Balaban J connectivity index is 1.69. The molecule has 3 aliphatic rings. The van der Waals surface area contributed by atoms with Crippen molar-refractivity contribution in [1.82, 2.24) is 16.0 Å². The van der Waals surface area contributed by atoms with Crippen LogP contribution in [0.3, 0.4) is 0 Å². The summed E-state index contributed by atoms with van der Waals surface area (Å²) in [6.07, 6.45) is 13.6. The Morgan fingerprint density at radius 2 is 0.821 bits per heavy atom. The topological polar surface area (TPSA) is 87.3 Å². The second-order valence-corrected chi connectivity index (χ2v) is 14.1. The summed E-state index contributed by atoms with van der Waals surface area (Å²) < 4.78 is 0. The first-order valence-corrected chi connectivity index (χ1v) is 16.5. The van der Waals surface area contributed by atoms with E-state index in [1.165, 1.54) is 19.3 Å². The summed E-state index contributed by atoms with van der Waals surface area (Å²) in [6.45, 7) is 13.4. The largest absolute Gasteiger partial charge is 0.353 e. The van der Waals surface area contributed by atoms with E-state index in [-0.39, 0.29) is 48.7 Å². The van der Waals surface area contributed by atoms with Gasteiger partial charge < -0.3 is 16.0 Å². The zero-order valence-corrected chi connectivity index (χ0v) is 25.9. The number of rotatable bonds is 11. The minimum absolute atomic E-state index is 0.0812. The summed E-state index contributed by atoms with van der Waals surface area (Å²) in [4.78, 5) is 40.4. The first-order valence-electron chi connectivity index (χ1n) is 16.5. The number of hydrogen-bond donors (Lipinski definition) is 3. The quantitative estimate of drug-likeness (QED) is 0.282. The van der Waals surface area contributed by atoms with Gasteiger partial charge in [-0.3, -0.25) is 14.4 Å². The first-order chi connectivity index (χ1) is 18.6. The summed E-state index contributed by atoms with van der Waals surface area (Å²) in [5.41, 5.74) is 0. The van der Waals surface area contributed by atoms with Crippen LogP contribution >= 0.6 is 0 Å². The molecule has 6 atom stereocenters. The van der Waals surface area contributed by atoms with Gasteiger partial charge in [0.25, 0.3) is 0 Å². The van der Waals surface area contributed by atoms with Crippen molar-refractivity contribution in [2.75, 3.05) is 0 Å². The van der Waals surface area contributed by atoms with E-state index in [0.717, 1.165) is 57.8 Å². The fourth-order valence-electron chi connectivity index (χ4n) is 7.95. The lowest BCUT2D eigenvalue weighted by Crippen LogP contribution is -2.50. The second kappa shape index (κ2) is 15.4. The van der Waals surface area contributed by atoms with Gasteiger partial charge in [-0.05, 0) is 74.0 Å². The molecule has 3 N–H and O–H groups in total. The number of hydrogen-bond acceptors (Lipinski definition) is 3. The van der Waals surface area contributed by atoms with Gasteiger partial charge in [-0.15, -0.1) is 0 Å². The van der Waals surface area contributed by atoms with Crippen molar-refractivity contribution >= 4 is 17.7 Å². The Morgan fingerprint density at radius 1 is 0.513 bits per heavy atom. The van der Waals surface area contributed by atoms with Crippen LogP contribution < -0.4 is 16.0 Å². The Morgan fingerprint density at radius 3 is 1.15 bits per heavy atom. The molecule has 6 nitrogen and oxygen atoms in total. The van der Waals surface area contributed by atoms with Crippen LogP contribution in [0, 0.1) is 41.4 Å². The number of amides is 3. The zero-order chi connectivity index (χ0) is 28.5. The van der Waals surface area contributed by atoms with Crippen molar-refractivity contribution in [3.05, 3.63) is 0 Å². The van der Waals surface area contributed by atoms with Gasteiger partial charge in [0.15, 0.2) is 0 Å².